The van der Waals surface area contributed by atoms with Gasteiger partial charge in [0.15, 0.2) is 5.60 Å². The lowest BCUT2D eigenvalue weighted by Crippen LogP contribution is -2.48. The number of hydrogen-bond acceptors (Lipinski definition) is 6. The van der Waals surface area contributed by atoms with Crippen molar-refractivity contribution in [3.63, 3.8) is 0 Å². The van der Waals surface area contributed by atoms with Gasteiger partial charge in [-0.15, -0.1) is 11.5 Å². The molecule has 2 aromatic heterocycles. The second-order valence-corrected chi connectivity index (χ2v) is 7.19. The maximum absolute atomic E-state index is 15.7. The van der Waals surface area contributed by atoms with Crippen molar-refractivity contribution in [2.24, 2.45) is 0 Å². The summed E-state index contributed by atoms with van der Waals surface area (Å²) in [6.07, 6.45) is 7.93. The van der Waals surface area contributed by atoms with E-state index in [-0.39, 0.29) is 16.8 Å². The summed E-state index contributed by atoms with van der Waals surface area (Å²) in [4.78, 5) is 7.62. The lowest BCUT2D eigenvalue weighted by molar-refractivity contribution is -0.208. The summed E-state index contributed by atoms with van der Waals surface area (Å²) in [5.41, 5.74) is -4.79. The molecular weight excluding hydrogens is 459 g/mol. The Morgan fingerprint density at radius 1 is 1.00 bits per heavy atom. The number of nitrogens with zero attached hydrogens (tertiary/aromatic N) is 6. The van der Waals surface area contributed by atoms with Gasteiger partial charge in [0.05, 0.1) is 24.6 Å². The van der Waals surface area contributed by atoms with Gasteiger partial charge in [-0.1, -0.05) is 5.92 Å². The molecule has 0 saturated carbocycles. The van der Waals surface area contributed by atoms with Gasteiger partial charge in [-0.2, -0.15) is 8.78 Å². The fraction of sp³-hybridized carbons (Fsp3) is 0.136. The highest BCUT2D eigenvalue weighted by Gasteiger charge is 2.58. The van der Waals surface area contributed by atoms with Gasteiger partial charge >= 0.3 is 5.92 Å². The highest BCUT2D eigenvalue weighted by molar-refractivity contribution is 5.67. The molecule has 34 heavy (non-hydrogen) atoms. The Labute approximate surface area is 188 Å². The zero-order valence-electron chi connectivity index (χ0n) is 17.0. The summed E-state index contributed by atoms with van der Waals surface area (Å²) in [6, 6.07) is 5.28. The Hall–Kier alpha value is -4.24. The van der Waals surface area contributed by atoms with Crippen molar-refractivity contribution < 1.29 is 27.1 Å². The van der Waals surface area contributed by atoms with Crippen molar-refractivity contribution in [3.8, 4) is 23.6 Å². The highest BCUT2D eigenvalue weighted by Crippen LogP contribution is 2.46. The van der Waals surface area contributed by atoms with Gasteiger partial charge in [0.1, 0.15) is 29.5 Å². The average molecular weight is 472 g/mol. The summed E-state index contributed by atoms with van der Waals surface area (Å²) < 4.78 is 73.6. The van der Waals surface area contributed by atoms with E-state index in [4.69, 9.17) is 6.42 Å². The maximum atomic E-state index is 15.7. The Morgan fingerprint density at radius 3 is 2.35 bits per heavy atom. The molecule has 4 aromatic rings. The molecule has 1 unspecified atom stereocenters. The molecule has 0 radical (unpaired) electrons. The van der Waals surface area contributed by atoms with Crippen molar-refractivity contribution in [3.05, 3.63) is 89.4 Å². The molecule has 0 bridgehead atoms. The standard InChI is InChI=1S/C22H13F5N6O/c1-2-13-7-14(23)3-5-16(13)19-9-29-20(10-28-19)22(26,27)21(34,11-33-12-30-31-32-33)17-6-4-15(24)8-18(17)25/h1,3-10,12,34H,11H2. The van der Waals surface area contributed by atoms with E-state index < -0.39 is 46.8 Å². The first-order valence-corrected chi connectivity index (χ1v) is 9.51. The van der Waals surface area contributed by atoms with Crippen LogP contribution in [0.5, 0.6) is 0 Å². The van der Waals surface area contributed by atoms with Crippen molar-refractivity contribution in [2.45, 2.75) is 18.1 Å². The minimum atomic E-state index is -4.26. The third-order valence-corrected chi connectivity index (χ3v) is 5.07. The number of rotatable bonds is 6. The molecule has 2 aromatic carbocycles. The lowest BCUT2D eigenvalue weighted by atomic mass is 9.85. The van der Waals surface area contributed by atoms with E-state index in [1.54, 1.807) is 0 Å². The molecule has 0 aliphatic heterocycles. The maximum Gasteiger partial charge on any atom is 0.325 e. The number of benzene rings is 2. The average Bonchev–Trinajstić information content (AvgIpc) is 3.31. The lowest BCUT2D eigenvalue weighted by Gasteiger charge is -2.35. The van der Waals surface area contributed by atoms with Crippen LogP contribution in [0.3, 0.4) is 0 Å². The molecular formula is C22H13F5N6O. The van der Waals surface area contributed by atoms with E-state index >= 15 is 8.78 Å². The molecule has 172 valence electrons. The van der Waals surface area contributed by atoms with Crippen LogP contribution < -0.4 is 0 Å². The quantitative estimate of drug-likeness (QED) is 0.343. The molecule has 7 nitrogen and oxygen atoms in total. The van der Waals surface area contributed by atoms with E-state index in [9.17, 15) is 18.3 Å². The number of alkyl halides is 2. The summed E-state index contributed by atoms with van der Waals surface area (Å²) in [7, 11) is 0. The molecule has 0 aliphatic rings. The van der Waals surface area contributed by atoms with Crippen LogP contribution in [0.1, 0.15) is 16.8 Å². The summed E-state index contributed by atoms with van der Waals surface area (Å²) in [5, 5.41) is 21.2. The van der Waals surface area contributed by atoms with Crippen LogP contribution in [0, 0.1) is 29.8 Å². The first kappa shape index (κ1) is 22.9. The SMILES string of the molecule is C#Cc1cc(F)ccc1-c1cnc(C(F)(F)C(O)(Cn2cnnn2)c2ccc(F)cc2F)cn1. The number of aliphatic hydroxyl groups is 1. The molecule has 4 rings (SSSR count). The Morgan fingerprint density at radius 2 is 1.74 bits per heavy atom. The van der Waals surface area contributed by atoms with Gasteiger partial charge in [0.25, 0.3) is 0 Å². The predicted octanol–water partition coefficient (Wildman–Crippen LogP) is 3.21. The first-order chi connectivity index (χ1) is 16.2. The van der Waals surface area contributed by atoms with Gasteiger partial charge in [0.2, 0.25) is 0 Å². The van der Waals surface area contributed by atoms with Gasteiger partial charge < -0.3 is 5.11 Å². The molecule has 0 fully saturated rings. The molecule has 2 heterocycles. The zero-order chi connectivity index (χ0) is 24.5. The molecule has 0 spiro atoms. The number of hydrogen-bond donors (Lipinski definition) is 1. The number of aromatic nitrogens is 6. The van der Waals surface area contributed by atoms with Gasteiger partial charge in [0, 0.05) is 22.8 Å². The van der Waals surface area contributed by atoms with Gasteiger partial charge in [-0.3, -0.25) is 9.97 Å². The Kier molecular flexibility index (Phi) is 5.80. The van der Waals surface area contributed by atoms with E-state index in [0.717, 1.165) is 35.4 Å². The van der Waals surface area contributed by atoms with Crippen LogP contribution in [0.2, 0.25) is 0 Å². The molecule has 12 heteroatoms. The third kappa shape index (κ3) is 3.97. The van der Waals surface area contributed by atoms with Crippen molar-refractivity contribution in [2.75, 3.05) is 0 Å². The van der Waals surface area contributed by atoms with Crippen LogP contribution in [0.15, 0.2) is 55.1 Å². The van der Waals surface area contributed by atoms with E-state index in [0.29, 0.717) is 18.3 Å². The van der Waals surface area contributed by atoms with Crippen LogP contribution in [0.4, 0.5) is 22.0 Å². The molecule has 1 atom stereocenters. The van der Waals surface area contributed by atoms with E-state index in [2.05, 4.69) is 31.4 Å². The fourth-order valence-electron chi connectivity index (χ4n) is 3.37. The number of halogens is 5. The van der Waals surface area contributed by atoms with Crippen LogP contribution in [-0.2, 0) is 18.1 Å². The normalized spacial score (nSPS) is 13.3. The zero-order valence-corrected chi connectivity index (χ0v) is 17.0. The van der Waals surface area contributed by atoms with E-state index in [1.807, 2.05) is 0 Å². The van der Waals surface area contributed by atoms with Crippen LogP contribution >= 0.6 is 0 Å². The largest absolute Gasteiger partial charge is 0.377 e. The van der Waals surface area contributed by atoms with Crippen molar-refractivity contribution in [1.29, 1.82) is 0 Å². The van der Waals surface area contributed by atoms with Crippen molar-refractivity contribution in [1.82, 2.24) is 30.2 Å². The monoisotopic (exact) mass is 472 g/mol. The Bertz CT molecular complexity index is 1370. The Balaban J connectivity index is 1.80. The smallest absolute Gasteiger partial charge is 0.325 e. The van der Waals surface area contributed by atoms with Crippen LogP contribution in [-0.4, -0.2) is 35.3 Å². The second-order valence-electron chi connectivity index (χ2n) is 7.19. The number of tetrazole rings is 1. The van der Waals surface area contributed by atoms with Crippen molar-refractivity contribution >= 4 is 0 Å². The third-order valence-electron chi connectivity index (χ3n) is 5.07. The summed E-state index contributed by atoms with van der Waals surface area (Å²) in [5.74, 6) is -5.03. The molecule has 0 aliphatic carbocycles. The minimum Gasteiger partial charge on any atom is -0.377 e. The molecule has 0 saturated heterocycles. The van der Waals surface area contributed by atoms with Gasteiger partial charge in [-0.05, 0) is 40.8 Å². The molecule has 0 amide bonds. The first-order valence-electron chi connectivity index (χ1n) is 9.51. The summed E-state index contributed by atoms with van der Waals surface area (Å²) in [6.45, 7) is -1.00. The minimum absolute atomic E-state index is 0.0597. The van der Waals surface area contributed by atoms with Crippen LogP contribution in [0.25, 0.3) is 11.3 Å². The topological polar surface area (TPSA) is 89.6 Å². The molecule has 1 N–H and O–H groups in total. The second kappa shape index (κ2) is 8.60. The van der Waals surface area contributed by atoms with Gasteiger partial charge in [-0.25, -0.2) is 17.9 Å². The fourth-order valence-corrected chi connectivity index (χ4v) is 3.37. The summed E-state index contributed by atoms with van der Waals surface area (Å²) >= 11 is 0. The highest BCUT2D eigenvalue weighted by atomic mass is 19.3. The van der Waals surface area contributed by atoms with E-state index in [1.165, 1.54) is 6.07 Å². The predicted molar refractivity (Wildman–Crippen MR) is 107 cm³/mol. The number of terminal acetylenes is 1.